The zero-order valence-electron chi connectivity index (χ0n) is 18.8. The van der Waals surface area contributed by atoms with E-state index in [4.69, 9.17) is 0 Å². The topological polar surface area (TPSA) is 91.3 Å². The van der Waals surface area contributed by atoms with Gasteiger partial charge in [0.25, 0.3) is 0 Å². The highest BCUT2D eigenvalue weighted by Crippen LogP contribution is 2.64. The van der Waals surface area contributed by atoms with Crippen LogP contribution in [0.1, 0.15) is 79.6 Å². The lowest BCUT2D eigenvalue weighted by molar-refractivity contribution is -0.128. The molecule has 3 fully saturated rings. The Morgan fingerprint density at radius 1 is 1.14 bits per heavy atom. The van der Waals surface area contributed by atoms with Crippen LogP contribution in [0.2, 0.25) is 0 Å². The van der Waals surface area contributed by atoms with Gasteiger partial charge in [0.2, 0.25) is 0 Å². The van der Waals surface area contributed by atoms with Crippen LogP contribution in [-0.2, 0) is 30.6 Å². The minimum atomic E-state index is -4.49. The standard InChI is InChI=1S/C12H23OS.C10H16O4S/c1-10(2)12(13)9-14(3)11-7-5-4-6-8-11;1-9(2)6-4-5-10(9,3)8(11)7(6)15(12,13)14/h10-11H,4-9H2,1-3H3;6-7H,4-5H2,1-3H3,(H,12,13,14)/q+1;/p-1. The first-order chi connectivity index (χ1) is 13.2. The third-order valence-corrected chi connectivity index (χ3v) is 11.4. The predicted molar refractivity (Wildman–Crippen MR) is 118 cm³/mol. The van der Waals surface area contributed by atoms with Gasteiger partial charge in [0, 0.05) is 11.3 Å². The Balaban J connectivity index is 0.000000208. The number of carbonyl (C=O) groups is 2. The van der Waals surface area contributed by atoms with E-state index in [9.17, 15) is 22.6 Å². The molecule has 0 N–H and O–H groups in total. The van der Waals surface area contributed by atoms with Crippen molar-refractivity contribution in [2.45, 2.75) is 90.1 Å². The van der Waals surface area contributed by atoms with Crippen molar-refractivity contribution in [3.05, 3.63) is 0 Å². The van der Waals surface area contributed by atoms with Crippen molar-refractivity contribution in [3.8, 4) is 0 Å². The second kappa shape index (κ2) is 8.99. The molecule has 4 unspecified atom stereocenters. The Morgan fingerprint density at radius 3 is 2.07 bits per heavy atom. The van der Waals surface area contributed by atoms with E-state index in [0.29, 0.717) is 29.5 Å². The van der Waals surface area contributed by atoms with Gasteiger partial charge < -0.3 is 4.55 Å². The molecule has 29 heavy (non-hydrogen) atoms. The van der Waals surface area contributed by atoms with Crippen molar-refractivity contribution in [2.24, 2.45) is 22.7 Å². The summed E-state index contributed by atoms with van der Waals surface area (Å²) in [5.74, 6) is 0.869. The molecule has 3 rings (SSSR count). The number of fused-ring (bicyclic) bond motifs is 2. The molecule has 0 aliphatic heterocycles. The highest BCUT2D eigenvalue weighted by atomic mass is 32.2. The molecule has 0 amide bonds. The third kappa shape index (κ3) is 4.93. The normalized spacial score (nSPS) is 32.8. The first-order valence-corrected chi connectivity index (χ1v) is 14.2. The molecule has 3 aliphatic rings. The van der Waals surface area contributed by atoms with Crippen molar-refractivity contribution in [1.29, 1.82) is 0 Å². The largest absolute Gasteiger partial charge is 0.747 e. The van der Waals surface area contributed by atoms with Gasteiger partial charge >= 0.3 is 0 Å². The molecule has 0 saturated heterocycles. The van der Waals surface area contributed by atoms with E-state index in [0.717, 1.165) is 11.0 Å². The summed E-state index contributed by atoms with van der Waals surface area (Å²) >= 11 is 0. The smallest absolute Gasteiger partial charge is 0.184 e. The molecule has 5 nitrogen and oxygen atoms in total. The van der Waals surface area contributed by atoms with Gasteiger partial charge in [-0.15, -0.1) is 0 Å². The second-order valence-corrected chi connectivity index (χ2v) is 14.0. The number of Topliss-reactive ketones (excluding diaryl/α,β-unsaturated/α-hetero) is 2. The van der Waals surface area contributed by atoms with E-state index < -0.39 is 20.8 Å². The fourth-order valence-corrected chi connectivity index (χ4v) is 8.87. The third-order valence-electron chi connectivity index (χ3n) is 7.92. The summed E-state index contributed by atoms with van der Waals surface area (Å²) in [4.78, 5) is 23.6. The van der Waals surface area contributed by atoms with E-state index in [2.05, 4.69) is 6.26 Å². The number of rotatable bonds is 5. The maximum Gasteiger partial charge on any atom is 0.184 e. The Morgan fingerprint density at radius 2 is 1.69 bits per heavy atom. The van der Waals surface area contributed by atoms with Crippen LogP contribution in [0.25, 0.3) is 0 Å². The van der Waals surface area contributed by atoms with Crippen LogP contribution >= 0.6 is 0 Å². The summed E-state index contributed by atoms with van der Waals surface area (Å²) in [6.45, 7) is 9.61. The van der Waals surface area contributed by atoms with Crippen molar-refractivity contribution >= 4 is 32.6 Å². The van der Waals surface area contributed by atoms with Gasteiger partial charge in [-0.2, -0.15) is 0 Å². The van der Waals surface area contributed by atoms with Crippen molar-refractivity contribution in [2.75, 3.05) is 12.0 Å². The van der Waals surface area contributed by atoms with Gasteiger partial charge in [0.05, 0.1) is 6.26 Å². The number of carbonyl (C=O) groups excluding carboxylic acids is 2. The summed E-state index contributed by atoms with van der Waals surface area (Å²) in [6.07, 6.45) is 10.6. The lowest BCUT2D eigenvalue weighted by Crippen LogP contribution is -2.38. The van der Waals surface area contributed by atoms with E-state index in [1.807, 2.05) is 27.7 Å². The molecule has 2 bridgehead atoms. The second-order valence-electron chi connectivity index (χ2n) is 10.2. The first-order valence-electron chi connectivity index (χ1n) is 10.9. The zero-order chi connectivity index (χ0) is 22.2. The van der Waals surface area contributed by atoms with Gasteiger partial charge in [0.15, 0.2) is 17.3 Å². The molecular formula is C22H38O5S2. The summed E-state index contributed by atoms with van der Waals surface area (Å²) in [6, 6.07) is 0. The Bertz CT molecular complexity index is 721. The van der Waals surface area contributed by atoms with Gasteiger partial charge in [-0.05, 0) is 60.8 Å². The van der Waals surface area contributed by atoms with Crippen LogP contribution in [0.4, 0.5) is 0 Å². The van der Waals surface area contributed by atoms with Crippen molar-refractivity contribution in [1.82, 2.24) is 0 Å². The molecule has 0 aromatic carbocycles. The van der Waals surface area contributed by atoms with Crippen LogP contribution in [0.15, 0.2) is 0 Å². The number of hydrogen-bond donors (Lipinski definition) is 0. The van der Waals surface area contributed by atoms with Gasteiger partial charge in [-0.3, -0.25) is 9.59 Å². The van der Waals surface area contributed by atoms with E-state index >= 15 is 0 Å². The fourth-order valence-electron chi connectivity index (χ4n) is 5.31. The lowest BCUT2D eigenvalue weighted by atomic mass is 9.70. The van der Waals surface area contributed by atoms with Crippen LogP contribution in [-0.4, -0.2) is 47.0 Å². The minimum Gasteiger partial charge on any atom is -0.747 e. The van der Waals surface area contributed by atoms with Crippen LogP contribution in [0, 0.1) is 22.7 Å². The highest BCUT2D eigenvalue weighted by Gasteiger charge is 2.67. The van der Waals surface area contributed by atoms with Crippen molar-refractivity contribution in [3.63, 3.8) is 0 Å². The number of ketones is 2. The molecule has 4 atom stereocenters. The summed E-state index contributed by atoms with van der Waals surface area (Å²) in [5.41, 5.74) is -0.994. The molecule has 7 heteroatoms. The summed E-state index contributed by atoms with van der Waals surface area (Å²) < 4.78 is 33.3. The quantitative estimate of drug-likeness (QED) is 0.474. The summed E-state index contributed by atoms with van der Waals surface area (Å²) in [7, 11) is -4.15. The highest BCUT2D eigenvalue weighted by molar-refractivity contribution is 7.97. The molecule has 168 valence electrons. The number of hydrogen-bond acceptors (Lipinski definition) is 5. The molecule has 0 aromatic heterocycles. The summed E-state index contributed by atoms with van der Waals surface area (Å²) in [5, 5.41) is -0.447. The molecular weight excluding hydrogens is 408 g/mol. The average Bonchev–Trinajstić information content (AvgIpc) is 2.94. The maximum atomic E-state index is 12.0. The SMILES string of the molecule is CC(C)C(=O)C[S+](C)C1CCCCC1.CC12CCC(C(S(=O)(=O)[O-])C1=O)C2(C)C. The van der Waals surface area contributed by atoms with Crippen molar-refractivity contribution < 1.29 is 22.6 Å². The molecule has 3 aliphatic carbocycles. The van der Waals surface area contributed by atoms with Gasteiger partial charge in [-0.1, -0.05) is 41.0 Å². The Hall–Kier alpha value is -0.400. The molecule has 0 aromatic rings. The zero-order valence-corrected chi connectivity index (χ0v) is 20.5. The lowest BCUT2D eigenvalue weighted by Gasteiger charge is -2.32. The Labute approximate surface area is 179 Å². The van der Waals surface area contributed by atoms with Crippen LogP contribution in [0.5, 0.6) is 0 Å². The van der Waals surface area contributed by atoms with E-state index in [1.165, 1.54) is 32.1 Å². The molecule has 3 saturated carbocycles. The first kappa shape index (κ1) is 24.9. The van der Waals surface area contributed by atoms with Crippen LogP contribution < -0.4 is 0 Å². The Kier molecular flexibility index (Phi) is 7.71. The fraction of sp³-hybridized carbons (Fsp3) is 0.909. The van der Waals surface area contributed by atoms with Gasteiger partial charge in [-0.25, -0.2) is 8.42 Å². The van der Waals surface area contributed by atoms with E-state index in [1.54, 1.807) is 6.92 Å². The molecule has 0 radical (unpaired) electrons. The molecule has 0 heterocycles. The minimum absolute atomic E-state index is 0.230. The maximum absolute atomic E-state index is 12.0. The predicted octanol–water partition coefficient (Wildman–Crippen LogP) is 3.72. The molecule has 0 spiro atoms. The van der Waals surface area contributed by atoms with Crippen LogP contribution in [0.3, 0.4) is 0 Å². The average molecular weight is 447 g/mol. The van der Waals surface area contributed by atoms with E-state index in [-0.39, 0.29) is 23.0 Å². The van der Waals surface area contributed by atoms with Gasteiger partial charge in [0.1, 0.15) is 20.6 Å². The monoisotopic (exact) mass is 446 g/mol.